The van der Waals surface area contributed by atoms with E-state index < -0.39 is 6.04 Å². The number of benzene rings is 1. The Morgan fingerprint density at radius 3 is 2.80 bits per heavy atom. The van der Waals surface area contributed by atoms with Gasteiger partial charge < -0.3 is 11.8 Å². The van der Waals surface area contributed by atoms with Crippen molar-refractivity contribution in [1.29, 1.82) is 0 Å². The summed E-state index contributed by atoms with van der Waals surface area (Å²) in [5, 5.41) is 0.706. The maximum Gasteiger partial charge on any atom is 0.224 e. The van der Waals surface area contributed by atoms with E-state index in [1.165, 1.54) is 0 Å². The Bertz CT molecular complexity index is 705. The third kappa shape index (κ3) is 2.54. The molecule has 0 fully saturated rings. The molecule has 0 N–H and O–H groups in total. The van der Waals surface area contributed by atoms with Crippen LogP contribution >= 0.6 is 11.8 Å². The molecule has 0 saturated carbocycles. The molecule has 0 aliphatic carbocycles. The van der Waals surface area contributed by atoms with Gasteiger partial charge in [0.05, 0.1) is 11.1 Å². The number of fused-ring (bicyclic) bond motifs is 2. The van der Waals surface area contributed by atoms with Crippen LogP contribution in [-0.2, 0) is 37.5 Å². The molecule has 0 saturated heterocycles. The molecule has 1 aromatic heterocycles. The molecule has 1 aromatic carbocycles. The van der Waals surface area contributed by atoms with E-state index in [0.29, 0.717) is 10.5 Å². The molecule has 0 spiro atoms. The molecular formula is C14H10N2O2SY-2. The monoisotopic (exact) mass is 359 g/mol. The quantitative estimate of drug-likeness (QED) is 0.678. The van der Waals surface area contributed by atoms with Gasteiger partial charge in [-0.15, -0.1) is 0 Å². The zero-order valence-electron chi connectivity index (χ0n) is 10.6. The summed E-state index contributed by atoms with van der Waals surface area (Å²) < 4.78 is 0. The van der Waals surface area contributed by atoms with Crippen LogP contribution in [0.3, 0.4) is 0 Å². The summed E-state index contributed by atoms with van der Waals surface area (Å²) in [7, 11) is 3.62. The number of hydrogen-bond acceptors (Lipinski definition) is 4. The Morgan fingerprint density at radius 1 is 1.30 bits per heavy atom. The zero-order valence-corrected chi connectivity index (χ0v) is 14.2. The van der Waals surface area contributed by atoms with Crippen molar-refractivity contribution in [2.24, 2.45) is 0 Å². The molecule has 1 unspecified atom stereocenters. The first-order valence-corrected chi connectivity index (χ1v) is 6.47. The maximum atomic E-state index is 12.3. The molecule has 1 amide bonds. The predicted octanol–water partition coefficient (Wildman–Crippen LogP) is 2.30. The van der Waals surface area contributed by atoms with Crippen molar-refractivity contribution in [3.8, 4) is 0 Å². The Morgan fingerprint density at radius 2 is 2.05 bits per heavy atom. The van der Waals surface area contributed by atoms with E-state index in [-0.39, 0.29) is 43.7 Å². The van der Waals surface area contributed by atoms with Crippen LogP contribution in [0.1, 0.15) is 10.4 Å². The SMILES string of the molecule is [CH2-]C1C(=O)Sc2cc3cccnc3cc2C(=O)N1[CH2-].[Y]. The number of thioether (sulfide) groups is 1. The molecule has 99 valence electrons. The van der Waals surface area contributed by atoms with Gasteiger partial charge >= 0.3 is 0 Å². The first-order valence-electron chi connectivity index (χ1n) is 5.65. The van der Waals surface area contributed by atoms with E-state index in [1.54, 1.807) is 12.3 Å². The fraction of sp³-hybridized carbons (Fsp3) is 0.0714. The van der Waals surface area contributed by atoms with Gasteiger partial charge in [0.25, 0.3) is 0 Å². The molecular weight excluding hydrogens is 349 g/mol. The average molecular weight is 359 g/mol. The van der Waals surface area contributed by atoms with Gasteiger partial charge in [0, 0.05) is 49.2 Å². The minimum Gasteiger partial charge on any atom is -0.507 e. The van der Waals surface area contributed by atoms with Crippen LogP contribution in [0.25, 0.3) is 10.9 Å². The van der Waals surface area contributed by atoms with Crippen molar-refractivity contribution >= 4 is 33.7 Å². The summed E-state index contributed by atoms with van der Waals surface area (Å²) in [6.45, 7) is 3.68. The van der Waals surface area contributed by atoms with Crippen LogP contribution < -0.4 is 0 Å². The molecule has 1 aliphatic rings. The molecule has 0 bridgehead atoms. The Hall–Kier alpha value is -0.776. The molecule has 2 heterocycles. The molecule has 3 rings (SSSR count). The van der Waals surface area contributed by atoms with Gasteiger partial charge in [0.2, 0.25) is 5.91 Å². The summed E-state index contributed by atoms with van der Waals surface area (Å²) in [6, 6.07) is 6.44. The number of aromatic nitrogens is 1. The number of rotatable bonds is 0. The minimum absolute atomic E-state index is 0. The minimum atomic E-state index is -0.777. The van der Waals surface area contributed by atoms with E-state index in [4.69, 9.17) is 0 Å². The first kappa shape index (κ1) is 15.6. The molecule has 1 atom stereocenters. The summed E-state index contributed by atoms with van der Waals surface area (Å²) in [5.41, 5.74) is 1.17. The number of carbonyl (C=O) groups excluding carboxylic acids is 2. The molecule has 2 aromatic rings. The van der Waals surface area contributed by atoms with Gasteiger partial charge in [-0.25, -0.2) is 0 Å². The molecule has 6 heteroatoms. The van der Waals surface area contributed by atoms with Crippen molar-refractivity contribution in [2.45, 2.75) is 10.9 Å². The third-order valence-corrected chi connectivity index (χ3v) is 4.09. The molecule has 1 radical (unpaired) electrons. The van der Waals surface area contributed by atoms with Gasteiger partial charge in [-0.05, 0) is 18.2 Å². The normalized spacial score (nSPS) is 18.5. The van der Waals surface area contributed by atoms with Gasteiger partial charge in [-0.2, -0.15) is 0 Å². The van der Waals surface area contributed by atoms with E-state index in [1.807, 2.05) is 18.2 Å². The van der Waals surface area contributed by atoms with Crippen molar-refractivity contribution in [3.05, 3.63) is 50.0 Å². The van der Waals surface area contributed by atoms with Gasteiger partial charge in [0.15, 0.2) is 5.12 Å². The fourth-order valence-corrected chi connectivity index (χ4v) is 2.87. The summed E-state index contributed by atoms with van der Waals surface area (Å²) in [5.74, 6) is -0.305. The number of amides is 1. The number of pyridine rings is 1. The van der Waals surface area contributed by atoms with Crippen LogP contribution in [0.4, 0.5) is 0 Å². The smallest absolute Gasteiger partial charge is 0.224 e. The number of carbonyl (C=O) groups is 2. The second-order valence-electron chi connectivity index (χ2n) is 4.26. The van der Waals surface area contributed by atoms with E-state index >= 15 is 0 Å². The van der Waals surface area contributed by atoms with Crippen LogP contribution in [0.2, 0.25) is 0 Å². The molecule has 4 nitrogen and oxygen atoms in total. The van der Waals surface area contributed by atoms with E-state index in [2.05, 4.69) is 19.0 Å². The fourth-order valence-electron chi connectivity index (χ4n) is 1.95. The zero-order chi connectivity index (χ0) is 13.6. The summed E-state index contributed by atoms with van der Waals surface area (Å²) >= 11 is 1.03. The summed E-state index contributed by atoms with van der Waals surface area (Å²) in [6.07, 6.45) is 1.67. The summed E-state index contributed by atoms with van der Waals surface area (Å²) in [4.78, 5) is 30.2. The molecule has 20 heavy (non-hydrogen) atoms. The number of hydrogen-bond donors (Lipinski definition) is 0. The molecule has 1 aliphatic heterocycles. The van der Waals surface area contributed by atoms with Crippen molar-refractivity contribution in [1.82, 2.24) is 9.88 Å². The van der Waals surface area contributed by atoms with Gasteiger partial charge in [0.1, 0.15) is 0 Å². The predicted molar refractivity (Wildman–Crippen MR) is 73.3 cm³/mol. The van der Waals surface area contributed by atoms with E-state index in [9.17, 15) is 9.59 Å². The van der Waals surface area contributed by atoms with E-state index in [0.717, 1.165) is 27.6 Å². The van der Waals surface area contributed by atoms with Crippen LogP contribution in [0.5, 0.6) is 0 Å². The first-order chi connectivity index (χ1) is 9.08. The van der Waals surface area contributed by atoms with Crippen molar-refractivity contribution in [3.63, 3.8) is 0 Å². The second-order valence-corrected chi connectivity index (χ2v) is 5.30. The standard InChI is InChI=1S/C14H10N2O2S.Y/c1-8-14(18)19-12-6-9-4-3-5-15-11(9)7-10(12)13(17)16(8)2;/h3-8H,1-2H2;/q-2;. The second kappa shape index (κ2) is 5.92. The maximum absolute atomic E-state index is 12.3. The van der Waals surface area contributed by atoms with Crippen LogP contribution in [0, 0.1) is 14.0 Å². The average Bonchev–Trinajstić information content (AvgIpc) is 2.50. The number of nitrogens with zero attached hydrogens (tertiary/aromatic N) is 2. The Balaban J connectivity index is 0.00000147. The third-order valence-electron chi connectivity index (χ3n) is 3.05. The van der Waals surface area contributed by atoms with Crippen LogP contribution in [0.15, 0.2) is 35.4 Å². The Labute approximate surface area is 146 Å². The Kier molecular flexibility index (Phi) is 4.62. The van der Waals surface area contributed by atoms with Crippen molar-refractivity contribution in [2.75, 3.05) is 0 Å². The van der Waals surface area contributed by atoms with Crippen molar-refractivity contribution < 1.29 is 42.3 Å². The van der Waals surface area contributed by atoms with Gasteiger partial charge in [-0.3, -0.25) is 21.6 Å². The van der Waals surface area contributed by atoms with Gasteiger partial charge in [-0.1, -0.05) is 23.9 Å². The topological polar surface area (TPSA) is 50.3 Å². The largest absolute Gasteiger partial charge is 0.507 e. The van der Waals surface area contributed by atoms with Crippen LogP contribution in [-0.4, -0.2) is 26.9 Å².